The molecule has 0 saturated carbocycles. The zero-order valence-corrected chi connectivity index (χ0v) is 10.4. The molecule has 0 radical (unpaired) electrons. The van der Waals surface area contributed by atoms with Crippen LogP contribution in [0.15, 0.2) is 30.6 Å². The van der Waals surface area contributed by atoms with Crippen molar-refractivity contribution in [2.24, 2.45) is 0 Å². The van der Waals surface area contributed by atoms with Crippen molar-refractivity contribution in [3.05, 3.63) is 42.0 Å². The standard InChI is InChI=1S/C13H16N2O2/c1-10-14-4-5-15(10)9-11-6-12(16-2)8-13(7-11)17-3/h4-8H,9H2,1-3H3/p+1. The van der Waals surface area contributed by atoms with Crippen molar-refractivity contribution >= 4 is 0 Å². The Morgan fingerprint density at radius 2 is 1.76 bits per heavy atom. The van der Waals surface area contributed by atoms with Crippen LogP contribution < -0.4 is 14.0 Å². The van der Waals surface area contributed by atoms with Gasteiger partial charge in [0, 0.05) is 18.6 Å². The summed E-state index contributed by atoms with van der Waals surface area (Å²) in [5.74, 6) is 2.74. The minimum atomic E-state index is 0.795. The molecule has 1 heterocycles. The van der Waals surface area contributed by atoms with Crippen molar-refractivity contribution in [3.63, 3.8) is 0 Å². The molecule has 0 bridgehead atoms. The molecule has 90 valence electrons. The number of ether oxygens (including phenoxy) is 2. The summed E-state index contributed by atoms with van der Waals surface area (Å²) in [7, 11) is 3.32. The number of hydrogen-bond acceptors (Lipinski definition) is 2. The van der Waals surface area contributed by atoms with Crippen molar-refractivity contribution in [2.45, 2.75) is 13.5 Å². The van der Waals surface area contributed by atoms with Gasteiger partial charge in [-0.1, -0.05) is 0 Å². The van der Waals surface area contributed by atoms with Gasteiger partial charge in [0.1, 0.15) is 30.4 Å². The molecule has 0 unspecified atom stereocenters. The van der Waals surface area contributed by atoms with Crippen LogP contribution in [0.4, 0.5) is 0 Å². The van der Waals surface area contributed by atoms with Gasteiger partial charge in [0.25, 0.3) is 5.82 Å². The van der Waals surface area contributed by atoms with Crippen LogP contribution in [0.2, 0.25) is 0 Å². The van der Waals surface area contributed by atoms with E-state index in [2.05, 4.69) is 9.55 Å². The molecule has 0 saturated heterocycles. The van der Waals surface area contributed by atoms with Crippen LogP contribution in [0.1, 0.15) is 11.4 Å². The van der Waals surface area contributed by atoms with E-state index in [0.717, 1.165) is 29.4 Å². The van der Waals surface area contributed by atoms with Crippen molar-refractivity contribution in [1.29, 1.82) is 0 Å². The normalized spacial score (nSPS) is 10.3. The third kappa shape index (κ3) is 2.58. The van der Waals surface area contributed by atoms with Crippen molar-refractivity contribution < 1.29 is 14.0 Å². The third-order valence-electron chi connectivity index (χ3n) is 2.74. The van der Waals surface area contributed by atoms with Gasteiger partial charge in [-0.15, -0.1) is 0 Å². The average molecular weight is 233 g/mol. The number of nitrogens with one attached hydrogen (secondary N) is 1. The van der Waals surface area contributed by atoms with E-state index in [-0.39, 0.29) is 0 Å². The van der Waals surface area contributed by atoms with Crippen molar-refractivity contribution in [1.82, 2.24) is 4.98 Å². The number of nitrogens with zero attached hydrogens (tertiary/aromatic N) is 1. The van der Waals surface area contributed by atoms with E-state index in [4.69, 9.17) is 9.47 Å². The van der Waals surface area contributed by atoms with Crippen LogP contribution >= 0.6 is 0 Å². The van der Waals surface area contributed by atoms with Crippen molar-refractivity contribution in [3.8, 4) is 11.5 Å². The number of benzene rings is 1. The Kier molecular flexibility index (Phi) is 3.32. The van der Waals surface area contributed by atoms with Crippen LogP contribution in [-0.2, 0) is 6.54 Å². The first-order valence-electron chi connectivity index (χ1n) is 5.48. The Bertz CT molecular complexity index is 484. The van der Waals surface area contributed by atoms with E-state index in [1.807, 2.05) is 37.5 Å². The number of aryl methyl sites for hydroxylation is 1. The van der Waals surface area contributed by atoms with Crippen LogP contribution in [0.5, 0.6) is 11.5 Å². The highest BCUT2D eigenvalue weighted by Gasteiger charge is 2.08. The molecule has 1 N–H and O–H groups in total. The number of hydrogen-bond donors (Lipinski definition) is 1. The summed E-state index contributed by atoms with van der Waals surface area (Å²) < 4.78 is 12.6. The maximum atomic E-state index is 5.25. The molecule has 0 aliphatic carbocycles. The SMILES string of the molecule is COc1cc(C[n+]2cc[nH]c2C)cc(OC)c1. The zero-order valence-electron chi connectivity index (χ0n) is 10.4. The minimum Gasteiger partial charge on any atom is -0.497 e. The van der Waals surface area contributed by atoms with E-state index in [0.29, 0.717) is 0 Å². The second kappa shape index (κ2) is 4.91. The number of aromatic nitrogens is 2. The van der Waals surface area contributed by atoms with Gasteiger partial charge >= 0.3 is 0 Å². The van der Waals surface area contributed by atoms with Crippen LogP contribution in [0.25, 0.3) is 0 Å². The first kappa shape index (κ1) is 11.5. The van der Waals surface area contributed by atoms with E-state index < -0.39 is 0 Å². The van der Waals surface area contributed by atoms with E-state index in [1.54, 1.807) is 14.2 Å². The molecule has 0 aliphatic heterocycles. The van der Waals surface area contributed by atoms with Gasteiger partial charge in [-0.05, 0) is 12.1 Å². The van der Waals surface area contributed by atoms with Crippen molar-refractivity contribution in [2.75, 3.05) is 14.2 Å². The van der Waals surface area contributed by atoms with Crippen LogP contribution in [-0.4, -0.2) is 19.2 Å². The monoisotopic (exact) mass is 233 g/mol. The quantitative estimate of drug-likeness (QED) is 0.816. The molecule has 0 fully saturated rings. The average Bonchev–Trinajstić information content (AvgIpc) is 2.74. The Labute approximate surface area is 101 Å². The number of methoxy groups -OCH3 is 2. The summed E-state index contributed by atoms with van der Waals surface area (Å²) in [6.07, 6.45) is 3.94. The predicted molar refractivity (Wildman–Crippen MR) is 64.4 cm³/mol. The summed E-state index contributed by atoms with van der Waals surface area (Å²) in [6, 6.07) is 5.90. The number of imidazole rings is 1. The first-order valence-corrected chi connectivity index (χ1v) is 5.48. The fraction of sp³-hybridized carbons (Fsp3) is 0.308. The Balaban J connectivity index is 2.29. The molecule has 0 spiro atoms. The van der Waals surface area contributed by atoms with Gasteiger partial charge in [-0.3, -0.25) is 0 Å². The molecule has 2 aromatic rings. The fourth-order valence-corrected chi connectivity index (χ4v) is 1.77. The van der Waals surface area contributed by atoms with Gasteiger partial charge in [-0.25, -0.2) is 9.55 Å². The van der Waals surface area contributed by atoms with Gasteiger partial charge in [-0.2, -0.15) is 0 Å². The molecule has 1 aromatic carbocycles. The Morgan fingerprint density at radius 1 is 1.12 bits per heavy atom. The summed E-state index contributed by atoms with van der Waals surface area (Å²) >= 11 is 0. The third-order valence-corrected chi connectivity index (χ3v) is 2.74. The van der Waals surface area contributed by atoms with Crippen LogP contribution in [0, 0.1) is 6.92 Å². The second-order valence-electron chi connectivity index (χ2n) is 3.89. The first-order chi connectivity index (χ1) is 8.22. The molecule has 0 amide bonds. The fourth-order valence-electron chi connectivity index (χ4n) is 1.77. The largest absolute Gasteiger partial charge is 0.497 e. The lowest BCUT2D eigenvalue weighted by atomic mass is 10.2. The lowest BCUT2D eigenvalue weighted by molar-refractivity contribution is -0.693. The van der Waals surface area contributed by atoms with E-state index >= 15 is 0 Å². The van der Waals surface area contributed by atoms with Gasteiger partial charge < -0.3 is 9.47 Å². The van der Waals surface area contributed by atoms with E-state index in [1.165, 1.54) is 0 Å². The van der Waals surface area contributed by atoms with Crippen LogP contribution in [0.3, 0.4) is 0 Å². The molecule has 4 heteroatoms. The van der Waals surface area contributed by atoms with Gasteiger partial charge in [0.2, 0.25) is 0 Å². The Morgan fingerprint density at radius 3 is 2.24 bits per heavy atom. The minimum absolute atomic E-state index is 0.795. The maximum absolute atomic E-state index is 5.25. The highest BCUT2D eigenvalue weighted by molar-refractivity contribution is 5.38. The smallest absolute Gasteiger partial charge is 0.251 e. The molecule has 0 atom stereocenters. The molecule has 17 heavy (non-hydrogen) atoms. The molecule has 4 nitrogen and oxygen atoms in total. The maximum Gasteiger partial charge on any atom is 0.251 e. The molecule has 1 aromatic heterocycles. The number of rotatable bonds is 4. The highest BCUT2D eigenvalue weighted by Crippen LogP contribution is 2.22. The van der Waals surface area contributed by atoms with Gasteiger partial charge in [0.15, 0.2) is 0 Å². The highest BCUT2D eigenvalue weighted by atomic mass is 16.5. The second-order valence-corrected chi connectivity index (χ2v) is 3.89. The lowest BCUT2D eigenvalue weighted by Gasteiger charge is -2.07. The predicted octanol–water partition coefficient (Wildman–Crippen LogP) is 1.68. The summed E-state index contributed by atoms with van der Waals surface area (Å²) in [6.45, 7) is 2.83. The molecular formula is C13H17N2O2+. The zero-order chi connectivity index (χ0) is 12.3. The van der Waals surface area contributed by atoms with E-state index in [9.17, 15) is 0 Å². The number of H-pyrrole nitrogens is 1. The molecule has 0 aliphatic rings. The molecule has 2 rings (SSSR count). The number of aromatic amines is 1. The topological polar surface area (TPSA) is 38.1 Å². The van der Waals surface area contributed by atoms with Gasteiger partial charge in [0.05, 0.1) is 14.2 Å². The lowest BCUT2D eigenvalue weighted by Crippen LogP contribution is -2.34. The Hall–Kier alpha value is -1.97. The molecular weight excluding hydrogens is 216 g/mol. The summed E-state index contributed by atoms with van der Waals surface area (Å²) in [5.41, 5.74) is 1.15. The summed E-state index contributed by atoms with van der Waals surface area (Å²) in [5, 5.41) is 0. The summed E-state index contributed by atoms with van der Waals surface area (Å²) in [4.78, 5) is 3.15.